The molecule has 1 aromatic rings. The number of thioether (sulfide) groups is 1. The monoisotopic (exact) mass is 216 g/mol. The minimum absolute atomic E-state index is 0.787. The van der Waals surface area contributed by atoms with Crippen LogP contribution in [0.4, 0.5) is 0 Å². The molecule has 0 heterocycles. The van der Waals surface area contributed by atoms with E-state index < -0.39 is 0 Å². The molecule has 0 fully saturated rings. The average molecular weight is 217 g/mol. The van der Waals surface area contributed by atoms with E-state index in [1.54, 1.807) is 11.8 Å². The molecule has 0 saturated carbocycles. The Morgan fingerprint density at radius 2 is 2.33 bits per heavy atom. The maximum atomic E-state index is 5.82. The van der Waals surface area contributed by atoms with E-state index in [2.05, 4.69) is 6.07 Å². The number of hydrogen-bond donors (Lipinski definition) is 0. The van der Waals surface area contributed by atoms with Gasteiger partial charge in [0.05, 0.1) is 0 Å². The zero-order chi connectivity index (χ0) is 8.97. The van der Waals surface area contributed by atoms with Crippen molar-refractivity contribution < 1.29 is 0 Å². The zero-order valence-electron chi connectivity index (χ0n) is 6.71. The summed E-state index contributed by atoms with van der Waals surface area (Å²) >= 11 is 12.4. The van der Waals surface area contributed by atoms with Gasteiger partial charge in [-0.05, 0) is 24.6 Å². The maximum Gasteiger partial charge on any atom is 0.0450 e. The van der Waals surface area contributed by atoms with Crippen molar-refractivity contribution in [3.8, 4) is 0 Å². The van der Waals surface area contributed by atoms with Crippen molar-refractivity contribution in [2.24, 2.45) is 0 Å². The smallest absolute Gasteiger partial charge is 0.0450 e. The van der Waals surface area contributed by atoms with Crippen molar-refractivity contribution in [1.29, 1.82) is 0 Å². The lowest BCUT2D eigenvalue weighted by Crippen LogP contribution is -1.82. The van der Waals surface area contributed by atoms with Crippen LogP contribution in [-0.2, 0) is 5.75 Å². The first-order valence-electron chi connectivity index (χ1n) is 3.56. The average Bonchev–Trinajstić information content (AvgIpc) is 2.01. The van der Waals surface area contributed by atoms with E-state index in [0.717, 1.165) is 15.0 Å². The lowest BCUT2D eigenvalue weighted by Gasteiger charge is -1.99. The van der Waals surface area contributed by atoms with Crippen molar-refractivity contribution in [3.05, 3.63) is 34.9 Å². The van der Waals surface area contributed by atoms with Crippen LogP contribution < -0.4 is 0 Å². The zero-order valence-corrected chi connectivity index (χ0v) is 9.10. The SMILES string of the molecule is CC(=S)SCc1cccc(Cl)c1. The molecule has 1 rings (SSSR count). The first-order valence-corrected chi connectivity index (χ1v) is 5.33. The summed E-state index contributed by atoms with van der Waals surface area (Å²) in [6, 6.07) is 7.85. The van der Waals surface area contributed by atoms with Gasteiger partial charge in [0.25, 0.3) is 0 Å². The Balaban J connectivity index is 2.57. The Morgan fingerprint density at radius 1 is 1.58 bits per heavy atom. The predicted octanol–water partition coefficient (Wildman–Crippen LogP) is 3.92. The van der Waals surface area contributed by atoms with Gasteiger partial charge in [-0.25, -0.2) is 0 Å². The largest absolute Gasteiger partial charge is 0.114 e. The summed E-state index contributed by atoms with van der Waals surface area (Å²) in [6.45, 7) is 1.94. The van der Waals surface area contributed by atoms with Gasteiger partial charge in [-0.3, -0.25) is 0 Å². The van der Waals surface area contributed by atoms with Gasteiger partial charge in [0.2, 0.25) is 0 Å². The van der Waals surface area contributed by atoms with Crippen molar-refractivity contribution in [2.75, 3.05) is 0 Å². The summed E-state index contributed by atoms with van der Waals surface area (Å²) in [5.41, 5.74) is 1.22. The summed E-state index contributed by atoms with van der Waals surface area (Å²) in [5.74, 6) is 0.913. The Kier molecular flexibility index (Phi) is 4.06. The van der Waals surface area contributed by atoms with Gasteiger partial charge in [0.15, 0.2) is 0 Å². The number of thiocarbonyl (C=S) groups is 1. The second-order valence-electron chi connectivity index (χ2n) is 2.41. The first kappa shape index (κ1) is 10.0. The Morgan fingerprint density at radius 3 is 2.92 bits per heavy atom. The lowest BCUT2D eigenvalue weighted by molar-refractivity contribution is 1.42. The van der Waals surface area contributed by atoms with E-state index in [-0.39, 0.29) is 0 Å². The molecule has 64 valence electrons. The molecule has 0 saturated heterocycles. The highest BCUT2D eigenvalue weighted by atomic mass is 35.5. The summed E-state index contributed by atoms with van der Waals surface area (Å²) < 4.78 is 0.968. The standard InChI is InChI=1S/C9H9ClS2/c1-7(11)12-6-8-3-2-4-9(10)5-8/h2-5H,6H2,1H3. The summed E-state index contributed by atoms with van der Waals surface area (Å²) in [6.07, 6.45) is 0. The molecule has 0 atom stereocenters. The van der Waals surface area contributed by atoms with Crippen LogP contribution in [0.1, 0.15) is 12.5 Å². The molecule has 0 aliphatic heterocycles. The number of hydrogen-bond acceptors (Lipinski definition) is 2. The fourth-order valence-corrected chi connectivity index (χ4v) is 1.75. The summed E-state index contributed by atoms with van der Waals surface area (Å²) in [7, 11) is 0. The van der Waals surface area contributed by atoms with Crippen molar-refractivity contribution in [3.63, 3.8) is 0 Å². The second-order valence-corrected chi connectivity index (χ2v) is 4.91. The van der Waals surface area contributed by atoms with E-state index in [9.17, 15) is 0 Å². The summed E-state index contributed by atoms with van der Waals surface area (Å²) in [4.78, 5) is 0. The Bertz CT molecular complexity index is 284. The van der Waals surface area contributed by atoms with Gasteiger partial charge < -0.3 is 0 Å². The van der Waals surface area contributed by atoms with Crippen LogP contribution in [0, 0.1) is 0 Å². The quantitative estimate of drug-likeness (QED) is 0.688. The molecule has 12 heavy (non-hydrogen) atoms. The van der Waals surface area contributed by atoms with Gasteiger partial charge in [-0.15, -0.1) is 11.8 Å². The minimum atomic E-state index is 0.787. The normalized spacial score (nSPS) is 9.83. The van der Waals surface area contributed by atoms with Crippen molar-refractivity contribution in [1.82, 2.24) is 0 Å². The van der Waals surface area contributed by atoms with Crippen LogP contribution in [-0.4, -0.2) is 4.20 Å². The molecule has 0 radical (unpaired) electrons. The predicted molar refractivity (Wildman–Crippen MR) is 61.0 cm³/mol. The van der Waals surface area contributed by atoms with E-state index in [4.69, 9.17) is 23.8 Å². The van der Waals surface area contributed by atoms with E-state index >= 15 is 0 Å². The van der Waals surface area contributed by atoms with Crippen LogP contribution in [0.5, 0.6) is 0 Å². The van der Waals surface area contributed by atoms with Gasteiger partial charge in [0, 0.05) is 15.0 Å². The highest BCUT2D eigenvalue weighted by molar-refractivity contribution is 8.22. The molecule has 0 aromatic heterocycles. The van der Waals surface area contributed by atoms with Crippen LogP contribution in [0.15, 0.2) is 24.3 Å². The Hall–Kier alpha value is -0.0500. The molecule has 0 amide bonds. The van der Waals surface area contributed by atoms with Gasteiger partial charge >= 0.3 is 0 Å². The van der Waals surface area contributed by atoms with E-state index in [0.29, 0.717) is 0 Å². The molecule has 0 spiro atoms. The van der Waals surface area contributed by atoms with Gasteiger partial charge in [-0.2, -0.15) is 0 Å². The van der Waals surface area contributed by atoms with E-state index in [1.165, 1.54) is 5.56 Å². The molecule has 0 nitrogen and oxygen atoms in total. The molecule has 0 aliphatic rings. The summed E-state index contributed by atoms with van der Waals surface area (Å²) in [5, 5.41) is 0.787. The molecule has 0 bridgehead atoms. The second kappa shape index (κ2) is 4.85. The van der Waals surface area contributed by atoms with Gasteiger partial charge in [-0.1, -0.05) is 36.0 Å². The molecular formula is C9H9ClS2. The third kappa shape index (κ3) is 3.57. The maximum absolute atomic E-state index is 5.82. The topological polar surface area (TPSA) is 0 Å². The van der Waals surface area contributed by atoms with Gasteiger partial charge in [0.1, 0.15) is 0 Å². The first-order chi connectivity index (χ1) is 5.68. The minimum Gasteiger partial charge on any atom is -0.114 e. The van der Waals surface area contributed by atoms with Crippen molar-refractivity contribution in [2.45, 2.75) is 12.7 Å². The van der Waals surface area contributed by atoms with Crippen LogP contribution in [0.3, 0.4) is 0 Å². The van der Waals surface area contributed by atoms with Crippen LogP contribution in [0.25, 0.3) is 0 Å². The Labute approximate surface area is 87.3 Å². The molecule has 3 heteroatoms. The molecule has 0 N–H and O–H groups in total. The van der Waals surface area contributed by atoms with Crippen molar-refractivity contribution >= 4 is 39.8 Å². The fourth-order valence-electron chi connectivity index (χ4n) is 0.812. The van der Waals surface area contributed by atoms with E-state index in [1.807, 2.05) is 25.1 Å². The lowest BCUT2D eigenvalue weighted by atomic mass is 10.2. The molecule has 0 aliphatic carbocycles. The van der Waals surface area contributed by atoms with Crippen LogP contribution >= 0.6 is 35.6 Å². The third-order valence-corrected chi connectivity index (χ3v) is 2.80. The highest BCUT2D eigenvalue weighted by Crippen LogP contribution is 2.17. The molecular weight excluding hydrogens is 208 g/mol. The molecule has 1 aromatic carbocycles. The molecule has 0 unspecified atom stereocenters. The van der Waals surface area contributed by atoms with Crippen LogP contribution in [0.2, 0.25) is 5.02 Å². The number of halogens is 1. The number of benzene rings is 1. The third-order valence-electron chi connectivity index (χ3n) is 1.33. The fraction of sp³-hybridized carbons (Fsp3) is 0.222. The number of rotatable bonds is 2. The highest BCUT2D eigenvalue weighted by Gasteiger charge is 1.95.